The van der Waals surface area contributed by atoms with Gasteiger partial charge in [0.15, 0.2) is 11.5 Å². The Morgan fingerprint density at radius 2 is 1.74 bits per heavy atom. The molecule has 0 bridgehead atoms. The summed E-state index contributed by atoms with van der Waals surface area (Å²) in [6, 6.07) is 15.9. The third kappa shape index (κ3) is 5.01. The number of benzene rings is 2. The molecule has 0 N–H and O–H groups in total. The topological polar surface area (TPSA) is 42.0 Å². The summed E-state index contributed by atoms with van der Waals surface area (Å²) in [7, 11) is 1.59. The summed E-state index contributed by atoms with van der Waals surface area (Å²) >= 11 is 0. The van der Waals surface area contributed by atoms with Crippen LogP contribution < -0.4 is 9.47 Å². The van der Waals surface area contributed by atoms with Crippen LogP contribution in [0.3, 0.4) is 0 Å². The summed E-state index contributed by atoms with van der Waals surface area (Å²) < 4.78 is 10.9. The van der Waals surface area contributed by atoms with E-state index in [1.54, 1.807) is 13.2 Å². The number of methoxy groups -OCH3 is 1. The van der Waals surface area contributed by atoms with Crippen LogP contribution in [-0.4, -0.2) is 62.1 Å². The van der Waals surface area contributed by atoms with Crippen LogP contribution >= 0.6 is 0 Å². The van der Waals surface area contributed by atoms with Crippen LogP contribution in [0.4, 0.5) is 0 Å². The number of amides is 1. The van der Waals surface area contributed by atoms with E-state index in [0.717, 1.165) is 39.1 Å². The van der Waals surface area contributed by atoms with E-state index >= 15 is 0 Å². The molecule has 1 amide bonds. The summed E-state index contributed by atoms with van der Waals surface area (Å²) in [5.74, 6) is 1.32. The maximum absolute atomic E-state index is 12.8. The Morgan fingerprint density at radius 3 is 2.41 bits per heavy atom. The Kier molecular flexibility index (Phi) is 6.71. The van der Waals surface area contributed by atoms with Gasteiger partial charge < -0.3 is 14.4 Å². The normalized spacial score (nSPS) is 14.8. The van der Waals surface area contributed by atoms with Gasteiger partial charge >= 0.3 is 0 Å². The van der Waals surface area contributed by atoms with E-state index < -0.39 is 0 Å². The molecule has 5 heteroatoms. The highest BCUT2D eigenvalue weighted by Crippen LogP contribution is 2.28. The van der Waals surface area contributed by atoms with Crippen molar-refractivity contribution < 1.29 is 14.3 Å². The van der Waals surface area contributed by atoms with Crippen molar-refractivity contribution in [2.75, 3.05) is 46.4 Å². The van der Waals surface area contributed by atoms with Crippen molar-refractivity contribution in [1.82, 2.24) is 9.80 Å². The second kappa shape index (κ2) is 9.42. The summed E-state index contributed by atoms with van der Waals surface area (Å²) in [6.45, 7) is 6.85. The van der Waals surface area contributed by atoms with E-state index in [0.29, 0.717) is 23.7 Å². The van der Waals surface area contributed by atoms with Crippen LogP contribution in [0.5, 0.6) is 11.5 Å². The highest BCUT2D eigenvalue weighted by molar-refractivity contribution is 5.95. The average Bonchev–Trinajstić information content (AvgIpc) is 2.73. The molecule has 144 valence electrons. The molecule has 0 radical (unpaired) electrons. The fourth-order valence-corrected chi connectivity index (χ4v) is 3.36. The molecule has 27 heavy (non-hydrogen) atoms. The smallest absolute Gasteiger partial charge is 0.254 e. The SMILES string of the molecule is CCOc1ccc(C(=O)N2CCN(CCc3ccccc3)CC2)cc1OC. The quantitative estimate of drug-likeness (QED) is 0.753. The molecule has 5 nitrogen and oxygen atoms in total. The first-order valence-corrected chi connectivity index (χ1v) is 9.57. The second-order valence-corrected chi connectivity index (χ2v) is 6.67. The van der Waals surface area contributed by atoms with Crippen molar-refractivity contribution >= 4 is 5.91 Å². The van der Waals surface area contributed by atoms with Gasteiger partial charge in [-0.05, 0) is 37.1 Å². The Labute approximate surface area is 161 Å². The number of carbonyl (C=O) groups is 1. The molecule has 0 spiro atoms. The van der Waals surface area contributed by atoms with Gasteiger partial charge in [-0.2, -0.15) is 0 Å². The first-order chi connectivity index (χ1) is 13.2. The van der Waals surface area contributed by atoms with Gasteiger partial charge in [-0.25, -0.2) is 0 Å². The number of hydrogen-bond donors (Lipinski definition) is 0. The lowest BCUT2D eigenvalue weighted by molar-refractivity contribution is 0.0638. The van der Waals surface area contributed by atoms with Crippen molar-refractivity contribution in [2.24, 2.45) is 0 Å². The molecule has 1 aliphatic heterocycles. The molecule has 0 aliphatic carbocycles. The zero-order chi connectivity index (χ0) is 19.1. The maximum Gasteiger partial charge on any atom is 0.254 e. The third-order valence-electron chi connectivity index (χ3n) is 4.93. The summed E-state index contributed by atoms with van der Waals surface area (Å²) in [5.41, 5.74) is 2.01. The fraction of sp³-hybridized carbons (Fsp3) is 0.409. The van der Waals surface area contributed by atoms with Crippen molar-refractivity contribution in [3.63, 3.8) is 0 Å². The molecule has 2 aromatic carbocycles. The van der Waals surface area contributed by atoms with Crippen LogP contribution in [0.25, 0.3) is 0 Å². The van der Waals surface area contributed by atoms with Crippen molar-refractivity contribution in [2.45, 2.75) is 13.3 Å². The highest BCUT2D eigenvalue weighted by Gasteiger charge is 2.22. The molecule has 3 rings (SSSR count). The van der Waals surface area contributed by atoms with E-state index in [2.05, 4.69) is 29.2 Å². The van der Waals surface area contributed by atoms with Crippen LogP contribution in [-0.2, 0) is 6.42 Å². The summed E-state index contributed by atoms with van der Waals surface area (Å²) in [4.78, 5) is 17.2. The Morgan fingerprint density at radius 1 is 1.00 bits per heavy atom. The molecule has 1 saturated heterocycles. The van der Waals surface area contributed by atoms with Gasteiger partial charge in [-0.3, -0.25) is 9.69 Å². The first kappa shape index (κ1) is 19.2. The monoisotopic (exact) mass is 368 g/mol. The predicted molar refractivity (Wildman–Crippen MR) is 107 cm³/mol. The van der Waals surface area contributed by atoms with Gasteiger partial charge in [-0.1, -0.05) is 30.3 Å². The van der Waals surface area contributed by atoms with Gasteiger partial charge in [0.25, 0.3) is 5.91 Å². The minimum atomic E-state index is 0.0547. The molecule has 1 fully saturated rings. The zero-order valence-corrected chi connectivity index (χ0v) is 16.2. The highest BCUT2D eigenvalue weighted by atomic mass is 16.5. The molecule has 0 atom stereocenters. The predicted octanol–water partition coefficient (Wildman–Crippen LogP) is 3.09. The second-order valence-electron chi connectivity index (χ2n) is 6.67. The van der Waals surface area contributed by atoms with Crippen molar-refractivity contribution in [3.8, 4) is 11.5 Å². The van der Waals surface area contributed by atoms with Crippen LogP contribution in [0, 0.1) is 0 Å². The van der Waals surface area contributed by atoms with E-state index in [4.69, 9.17) is 9.47 Å². The van der Waals surface area contributed by atoms with Crippen molar-refractivity contribution in [1.29, 1.82) is 0 Å². The molecule has 1 aliphatic rings. The molecule has 2 aromatic rings. The Balaban J connectivity index is 1.53. The lowest BCUT2D eigenvalue weighted by Crippen LogP contribution is -2.49. The lowest BCUT2D eigenvalue weighted by Gasteiger charge is -2.34. The van der Waals surface area contributed by atoms with Crippen molar-refractivity contribution in [3.05, 3.63) is 59.7 Å². The van der Waals surface area contributed by atoms with E-state index in [9.17, 15) is 4.79 Å². The summed E-state index contributed by atoms with van der Waals surface area (Å²) in [5, 5.41) is 0. The zero-order valence-electron chi connectivity index (χ0n) is 16.2. The van der Waals surface area contributed by atoms with E-state index in [1.165, 1.54) is 5.56 Å². The number of hydrogen-bond acceptors (Lipinski definition) is 4. The molecule has 0 aromatic heterocycles. The van der Waals surface area contributed by atoms with Crippen LogP contribution in [0.2, 0.25) is 0 Å². The Hall–Kier alpha value is -2.53. The number of nitrogens with zero attached hydrogens (tertiary/aromatic N) is 2. The van der Waals surface area contributed by atoms with Crippen LogP contribution in [0.15, 0.2) is 48.5 Å². The van der Waals surface area contributed by atoms with Gasteiger partial charge in [0.1, 0.15) is 0 Å². The third-order valence-corrected chi connectivity index (χ3v) is 4.93. The van der Waals surface area contributed by atoms with Gasteiger partial charge in [-0.15, -0.1) is 0 Å². The molecule has 0 unspecified atom stereocenters. The first-order valence-electron chi connectivity index (χ1n) is 9.57. The molecular formula is C22H28N2O3. The summed E-state index contributed by atoms with van der Waals surface area (Å²) in [6.07, 6.45) is 1.05. The van der Waals surface area contributed by atoms with Gasteiger partial charge in [0.2, 0.25) is 0 Å². The minimum Gasteiger partial charge on any atom is -0.493 e. The Bertz CT molecular complexity index is 740. The standard InChI is InChI=1S/C22H28N2O3/c1-3-27-20-10-9-19(17-21(20)26-2)22(25)24-15-13-23(14-16-24)12-11-18-7-5-4-6-8-18/h4-10,17H,3,11-16H2,1-2H3. The van der Waals surface area contributed by atoms with Gasteiger partial charge in [0, 0.05) is 38.3 Å². The number of rotatable bonds is 7. The molecule has 1 heterocycles. The average molecular weight is 368 g/mol. The minimum absolute atomic E-state index is 0.0547. The fourth-order valence-electron chi connectivity index (χ4n) is 3.36. The van der Waals surface area contributed by atoms with Crippen LogP contribution in [0.1, 0.15) is 22.8 Å². The van der Waals surface area contributed by atoms with E-state index in [1.807, 2.05) is 30.0 Å². The number of ether oxygens (including phenoxy) is 2. The number of carbonyl (C=O) groups excluding carboxylic acids is 1. The maximum atomic E-state index is 12.8. The van der Waals surface area contributed by atoms with Gasteiger partial charge in [0.05, 0.1) is 13.7 Å². The number of piperazine rings is 1. The molecular weight excluding hydrogens is 340 g/mol. The lowest BCUT2D eigenvalue weighted by atomic mass is 10.1. The van der Waals surface area contributed by atoms with E-state index in [-0.39, 0.29) is 5.91 Å². The largest absolute Gasteiger partial charge is 0.493 e. The molecule has 0 saturated carbocycles.